The van der Waals surface area contributed by atoms with Crippen LogP contribution in [0.4, 0.5) is 18.9 Å². The van der Waals surface area contributed by atoms with Gasteiger partial charge in [0, 0.05) is 49.5 Å². The molecule has 3 aromatic rings. The fourth-order valence-electron chi connectivity index (χ4n) is 6.84. The molecule has 286 valence electrons. The first kappa shape index (κ1) is 39.8. The van der Waals surface area contributed by atoms with Gasteiger partial charge in [-0.1, -0.05) is 29.8 Å². The molecule has 2 amide bonds. The number of likely N-dealkylation sites (N-methyl/N-ethyl adjacent to an activating group) is 1. The van der Waals surface area contributed by atoms with E-state index in [-0.39, 0.29) is 52.9 Å². The van der Waals surface area contributed by atoms with Crippen LogP contribution in [-0.4, -0.2) is 100 Å². The smallest absolute Gasteiger partial charge is 0.497 e. The van der Waals surface area contributed by atoms with E-state index >= 15 is 4.79 Å². The van der Waals surface area contributed by atoms with Crippen LogP contribution in [0.3, 0.4) is 0 Å². The van der Waals surface area contributed by atoms with Gasteiger partial charge in [0.25, 0.3) is 15.9 Å². The molecule has 0 radical (unpaired) electrons. The van der Waals surface area contributed by atoms with Gasteiger partial charge in [0.2, 0.25) is 5.91 Å². The second-order valence-corrected chi connectivity index (χ2v) is 14.9. The number of β-amino-alcohol motifs (C(OH)–C–C–N with tert-alkyl or cyclic N) is 1. The van der Waals surface area contributed by atoms with E-state index in [1.807, 2.05) is 12.2 Å². The number of unbranched alkanes of at least 4 members (excludes halogenated alkanes) is 1. The van der Waals surface area contributed by atoms with Crippen molar-refractivity contribution in [3.63, 3.8) is 0 Å². The maximum Gasteiger partial charge on any atom is 0.573 e. The van der Waals surface area contributed by atoms with Crippen molar-refractivity contribution in [2.75, 3.05) is 45.8 Å². The minimum Gasteiger partial charge on any atom is -0.497 e. The number of carbonyl (C=O) groups excluding carboxylic acids is 2. The third kappa shape index (κ3) is 7.55. The Morgan fingerprint density at radius 2 is 1.77 bits per heavy atom. The van der Waals surface area contributed by atoms with Gasteiger partial charge >= 0.3 is 6.36 Å². The molecule has 0 bridgehead atoms. The van der Waals surface area contributed by atoms with Crippen LogP contribution in [0.15, 0.2) is 71.6 Å². The molecule has 1 unspecified atom stereocenters. The molecule has 17 heteroatoms. The molecule has 0 aromatic heterocycles. The summed E-state index contributed by atoms with van der Waals surface area (Å²) in [4.78, 5) is 31.1. The average Bonchev–Trinajstić information content (AvgIpc) is 3.61. The summed E-state index contributed by atoms with van der Waals surface area (Å²) in [6.45, 7) is -0.285. The van der Waals surface area contributed by atoms with Gasteiger partial charge < -0.3 is 29.3 Å². The number of carbonyl (C=O) groups is 2. The zero-order valence-corrected chi connectivity index (χ0v) is 30.8. The van der Waals surface area contributed by atoms with Crippen LogP contribution < -0.4 is 18.5 Å². The lowest BCUT2D eigenvalue weighted by Gasteiger charge is -2.42. The van der Waals surface area contributed by atoms with E-state index in [0.717, 1.165) is 18.2 Å². The summed E-state index contributed by atoms with van der Waals surface area (Å²) in [6, 6.07) is 10.4. The summed E-state index contributed by atoms with van der Waals surface area (Å²) in [5, 5.41) is 20.3. The van der Waals surface area contributed by atoms with Crippen LogP contribution >= 0.6 is 11.6 Å². The molecular formula is C36H39ClF3N3O9S. The molecule has 5 rings (SSSR count). The van der Waals surface area contributed by atoms with Gasteiger partial charge in [-0.05, 0) is 73.7 Å². The van der Waals surface area contributed by atoms with Gasteiger partial charge in [-0.2, -0.15) is 0 Å². The lowest BCUT2D eigenvalue weighted by atomic mass is 9.80. The predicted octanol–water partition coefficient (Wildman–Crippen LogP) is 4.63. The molecule has 2 N–H and O–H groups in total. The van der Waals surface area contributed by atoms with Gasteiger partial charge in [0.05, 0.1) is 32.1 Å². The van der Waals surface area contributed by atoms with E-state index < -0.39 is 56.5 Å². The maximum atomic E-state index is 15.6. The minimum atomic E-state index is -5.33. The number of benzene rings is 3. The molecule has 1 saturated heterocycles. The summed E-state index contributed by atoms with van der Waals surface area (Å²) in [5.74, 6) is -2.89. The summed E-state index contributed by atoms with van der Waals surface area (Å²) < 4.78 is 85.9. The number of amides is 2. The number of anilines is 1. The first-order chi connectivity index (χ1) is 25.0. The highest BCUT2D eigenvalue weighted by atomic mass is 35.5. The van der Waals surface area contributed by atoms with Crippen LogP contribution in [0.25, 0.3) is 0 Å². The van der Waals surface area contributed by atoms with E-state index in [0.29, 0.717) is 29.1 Å². The Morgan fingerprint density at radius 1 is 1.04 bits per heavy atom. The summed E-state index contributed by atoms with van der Waals surface area (Å²) >= 11 is 6.56. The highest BCUT2D eigenvalue weighted by molar-refractivity contribution is 7.93. The maximum absolute atomic E-state index is 15.6. The van der Waals surface area contributed by atoms with Crippen molar-refractivity contribution in [3.8, 4) is 17.2 Å². The number of rotatable bonds is 13. The van der Waals surface area contributed by atoms with E-state index in [2.05, 4.69) is 4.74 Å². The number of ether oxygens (including phenoxy) is 3. The summed E-state index contributed by atoms with van der Waals surface area (Å²) in [7, 11) is 0.225. The summed E-state index contributed by atoms with van der Waals surface area (Å²) in [6.07, 6.45) is -1.39. The Hall–Kier alpha value is -4.35. The zero-order valence-electron chi connectivity index (χ0n) is 29.3. The van der Waals surface area contributed by atoms with Gasteiger partial charge in [0.1, 0.15) is 16.4 Å². The molecule has 2 aliphatic rings. The predicted molar refractivity (Wildman–Crippen MR) is 189 cm³/mol. The number of hydrogen-bond acceptors (Lipinski definition) is 10. The zero-order chi connectivity index (χ0) is 38.9. The molecule has 0 saturated carbocycles. The number of alkyl halides is 3. The molecule has 2 heterocycles. The Kier molecular flexibility index (Phi) is 11.7. The van der Waals surface area contributed by atoms with Crippen molar-refractivity contribution in [2.24, 2.45) is 0 Å². The Morgan fingerprint density at radius 3 is 2.42 bits per heavy atom. The largest absolute Gasteiger partial charge is 0.573 e. The monoisotopic (exact) mass is 781 g/mol. The quantitative estimate of drug-likeness (QED) is 0.186. The number of methoxy groups -OCH3 is 2. The second-order valence-electron chi connectivity index (χ2n) is 12.7. The lowest BCUT2D eigenvalue weighted by Crippen LogP contribution is -2.59. The van der Waals surface area contributed by atoms with Crippen molar-refractivity contribution in [3.05, 3.63) is 88.5 Å². The first-order valence-electron chi connectivity index (χ1n) is 16.4. The number of halogens is 4. The Balaban J connectivity index is 1.84. The number of allylic oxidation sites excluding steroid dienone is 2. The molecule has 3 aromatic carbocycles. The van der Waals surface area contributed by atoms with Crippen molar-refractivity contribution in [2.45, 2.75) is 54.6 Å². The number of aliphatic hydroxyl groups excluding tert-OH is 2. The van der Waals surface area contributed by atoms with Gasteiger partial charge in [-0.3, -0.25) is 14.5 Å². The van der Waals surface area contributed by atoms with Gasteiger partial charge in [-0.25, -0.2) is 12.7 Å². The number of sulfonamides is 1. The molecule has 2 aliphatic heterocycles. The highest BCUT2D eigenvalue weighted by Crippen LogP contribution is 2.55. The van der Waals surface area contributed by atoms with Crippen molar-refractivity contribution in [1.82, 2.24) is 9.80 Å². The average molecular weight is 782 g/mol. The van der Waals surface area contributed by atoms with Crippen LogP contribution in [0.2, 0.25) is 5.02 Å². The molecule has 53 heavy (non-hydrogen) atoms. The van der Waals surface area contributed by atoms with Crippen LogP contribution in [-0.2, 0) is 31.6 Å². The SMILES string of the molecule is COc1ccc(S(=O)(=O)N2C(=O)C(c3cc(C/C=C/CCCO)ccc3OC)(N3C[C@H](O)C[C@H]3C(=O)N(C)C)c3cc(Cl)ccc32)c(OC(F)(F)F)c1. The van der Waals surface area contributed by atoms with Crippen molar-refractivity contribution >= 4 is 39.1 Å². The lowest BCUT2D eigenvalue weighted by molar-refractivity contribution is -0.275. The molecular weight excluding hydrogens is 743 g/mol. The molecule has 0 spiro atoms. The topological polar surface area (TPSA) is 146 Å². The number of aliphatic hydroxyl groups is 2. The van der Waals surface area contributed by atoms with Gasteiger partial charge in [-0.15, -0.1) is 13.2 Å². The highest BCUT2D eigenvalue weighted by Gasteiger charge is 2.64. The number of fused-ring (bicyclic) bond motifs is 1. The van der Waals surface area contributed by atoms with E-state index in [4.69, 9.17) is 26.2 Å². The first-order valence-corrected chi connectivity index (χ1v) is 18.3. The number of nitrogens with zero attached hydrogens (tertiary/aromatic N) is 3. The van der Waals surface area contributed by atoms with Crippen LogP contribution in [0, 0.1) is 0 Å². The third-order valence-corrected chi connectivity index (χ3v) is 11.1. The Bertz CT molecular complexity index is 2010. The summed E-state index contributed by atoms with van der Waals surface area (Å²) in [5.41, 5.74) is -1.79. The fourth-order valence-corrected chi connectivity index (χ4v) is 8.57. The Labute approximate surface area is 310 Å². The molecule has 3 atom stereocenters. The third-order valence-electron chi connectivity index (χ3n) is 9.09. The number of hydrogen-bond donors (Lipinski definition) is 2. The fraction of sp³-hybridized carbons (Fsp3) is 0.389. The molecule has 1 fully saturated rings. The van der Waals surface area contributed by atoms with E-state index in [1.165, 1.54) is 56.3 Å². The minimum absolute atomic E-state index is 0.0118. The standard InChI is InChI=1S/C36H39ClF3N3O9S/c1-41(2)33(46)29-19-24(45)21-42(29)35(27-17-22(10-14-30(27)51-4)9-7-5-6-8-16-44)26-18-23(37)11-13-28(26)43(34(35)47)53(48,49)32-15-12-25(50-3)20-31(32)52-36(38,39)40/h5,7,10-15,17-18,20,24,29,44-45H,6,8-9,16,19,21H2,1-4H3/b7-5+/t24-,29+,35?/m1/s1. The van der Waals surface area contributed by atoms with E-state index in [9.17, 15) is 31.5 Å². The van der Waals surface area contributed by atoms with Gasteiger partial charge in [0.15, 0.2) is 11.3 Å². The normalized spacial score (nSPS) is 20.6. The van der Waals surface area contributed by atoms with E-state index in [1.54, 1.807) is 18.2 Å². The number of likely N-dealkylation sites (tertiary alicyclic amines) is 1. The van der Waals surface area contributed by atoms with Crippen molar-refractivity contribution < 1.29 is 55.6 Å². The molecule has 12 nitrogen and oxygen atoms in total. The van der Waals surface area contributed by atoms with Crippen LogP contribution in [0.1, 0.15) is 36.0 Å². The second kappa shape index (κ2) is 15.6. The van der Waals surface area contributed by atoms with Crippen LogP contribution in [0.5, 0.6) is 17.2 Å². The van der Waals surface area contributed by atoms with Crippen molar-refractivity contribution in [1.29, 1.82) is 0 Å². The molecule has 0 aliphatic carbocycles.